The molecule has 0 fully saturated rings. The molecular weight excluding hydrogens is 142 g/mol. The van der Waals surface area contributed by atoms with Gasteiger partial charge in [0.05, 0.1) is 0 Å². The molecule has 0 aromatic heterocycles. The molecule has 0 saturated heterocycles. The molecule has 0 aromatic rings. The molecule has 0 bridgehead atoms. The minimum atomic E-state index is 0. The summed E-state index contributed by atoms with van der Waals surface area (Å²) in [6.45, 7) is 11.8. The molecule has 0 aliphatic heterocycles. The van der Waals surface area contributed by atoms with Crippen molar-refractivity contribution in [1.82, 2.24) is 0 Å². The van der Waals surface area contributed by atoms with Crippen LogP contribution in [-0.2, 0) is 0 Å². The van der Waals surface area contributed by atoms with E-state index in [2.05, 4.69) is 19.7 Å². The summed E-state index contributed by atoms with van der Waals surface area (Å²) in [6, 6.07) is 0. The zero-order chi connectivity index (χ0) is 7.82. The summed E-state index contributed by atoms with van der Waals surface area (Å²) < 4.78 is 0. The van der Waals surface area contributed by atoms with Crippen molar-refractivity contribution in [3.63, 3.8) is 0 Å². The Morgan fingerprint density at radius 1 is 0.909 bits per heavy atom. The minimum Gasteiger partial charge on any atom is -1.00 e. The van der Waals surface area contributed by atoms with Gasteiger partial charge in [0, 0.05) is 0 Å². The van der Waals surface area contributed by atoms with Crippen molar-refractivity contribution < 1.29 is 31.0 Å². The number of hydrogen-bond acceptors (Lipinski definition) is 0. The Hall–Kier alpha value is 0.285. The SMILES string of the molecule is C=CCB(CC=C)CC=C.[H-].[Na+]. The van der Waals surface area contributed by atoms with Gasteiger partial charge in [-0.15, -0.1) is 19.7 Å². The molecule has 0 amide bonds. The topological polar surface area (TPSA) is 0 Å². The molecule has 0 N–H and O–H groups in total. The Bertz CT molecular complexity index is 102. The number of hydrogen-bond donors (Lipinski definition) is 0. The number of allylic oxidation sites excluding steroid dienone is 3. The molecule has 0 unspecified atom stereocenters. The third-order valence-electron chi connectivity index (χ3n) is 1.50. The van der Waals surface area contributed by atoms with Crippen LogP contribution in [0.15, 0.2) is 38.0 Å². The fourth-order valence-corrected chi connectivity index (χ4v) is 0.996. The maximum Gasteiger partial charge on any atom is 1.00 e. The van der Waals surface area contributed by atoms with Crippen LogP contribution in [0, 0.1) is 0 Å². The predicted octanol–water partition coefficient (Wildman–Crippen LogP) is 0.156. The molecule has 0 aromatic carbocycles. The smallest absolute Gasteiger partial charge is 1.00 e. The Labute approximate surface area is 94.3 Å². The first-order valence-corrected chi connectivity index (χ1v) is 3.67. The van der Waals surface area contributed by atoms with Gasteiger partial charge in [0.2, 0.25) is 0 Å². The molecule has 0 rings (SSSR count). The van der Waals surface area contributed by atoms with Gasteiger partial charge in [-0.3, -0.25) is 0 Å². The van der Waals surface area contributed by atoms with Crippen LogP contribution in [0.5, 0.6) is 0 Å². The van der Waals surface area contributed by atoms with E-state index in [1.54, 1.807) is 0 Å². The van der Waals surface area contributed by atoms with Crippen LogP contribution < -0.4 is 29.6 Å². The fourth-order valence-electron chi connectivity index (χ4n) is 0.996. The molecule has 0 radical (unpaired) electrons. The van der Waals surface area contributed by atoms with Gasteiger partial charge in [0.25, 0.3) is 0 Å². The average Bonchev–Trinajstić information content (AvgIpc) is 1.90. The quantitative estimate of drug-likeness (QED) is 0.381. The normalized spacial score (nSPS) is 7.64. The molecule has 0 atom stereocenters. The Balaban J connectivity index is -0.000000405. The van der Waals surface area contributed by atoms with Crippen LogP contribution in [0.1, 0.15) is 1.43 Å². The van der Waals surface area contributed by atoms with Gasteiger partial charge < -0.3 is 1.43 Å². The first-order chi connectivity index (χ1) is 4.85. The van der Waals surface area contributed by atoms with Gasteiger partial charge in [-0.1, -0.05) is 37.2 Å². The first kappa shape index (κ1) is 13.8. The van der Waals surface area contributed by atoms with E-state index in [4.69, 9.17) is 0 Å². The Kier molecular flexibility index (Phi) is 12.9. The van der Waals surface area contributed by atoms with Crippen LogP contribution in [0.2, 0.25) is 19.0 Å². The second-order valence-electron chi connectivity index (χ2n) is 2.44. The molecule has 0 saturated carbocycles. The Morgan fingerprint density at radius 2 is 1.18 bits per heavy atom. The molecular formula is C9H16BNa. The van der Waals surface area contributed by atoms with E-state index >= 15 is 0 Å². The molecule has 0 aliphatic carbocycles. The van der Waals surface area contributed by atoms with Crippen molar-refractivity contribution in [3.8, 4) is 0 Å². The van der Waals surface area contributed by atoms with Crippen molar-refractivity contribution in [2.24, 2.45) is 0 Å². The monoisotopic (exact) mass is 158 g/mol. The maximum absolute atomic E-state index is 3.70. The van der Waals surface area contributed by atoms with Crippen LogP contribution in [0.4, 0.5) is 0 Å². The van der Waals surface area contributed by atoms with Gasteiger partial charge in [-0.05, 0) is 0 Å². The van der Waals surface area contributed by atoms with Crippen molar-refractivity contribution in [2.75, 3.05) is 0 Å². The molecule has 0 nitrogen and oxygen atoms in total. The second-order valence-corrected chi connectivity index (χ2v) is 2.44. The van der Waals surface area contributed by atoms with E-state index in [9.17, 15) is 0 Å². The standard InChI is InChI=1S/C9H15B.Na.H/c1-4-7-10(8-5-2)9-6-3;;/h4-6H,1-3,7-9H2;;/q;+1;-1. The van der Waals surface area contributed by atoms with E-state index in [1.165, 1.54) is 0 Å². The second kappa shape index (κ2) is 10.3. The van der Waals surface area contributed by atoms with Crippen molar-refractivity contribution >= 4 is 6.71 Å². The summed E-state index contributed by atoms with van der Waals surface area (Å²) in [5.74, 6) is 0. The zero-order valence-corrected chi connectivity index (χ0v) is 9.55. The molecule has 56 valence electrons. The summed E-state index contributed by atoms with van der Waals surface area (Å²) in [7, 11) is 0. The molecule has 11 heavy (non-hydrogen) atoms. The van der Waals surface area contributed by atoms with E-state index in [1.807, 2.05) is 18.2 Å². The zero-order valence-electron chi connectivity index (χ0n) is 8.55. The largest absolute Gasteiger partial charge is 1.00 e. The molecule has 0 aliphatic rings. The van der Waals surface area contributed by atoms with Gasteiger partial charge >= 0.3 is 29.6 Å². The molecule has 0 spiro atoms. The minimum absolute atomic E-state index is 0. The molecule has 0 heterocycles. The van der Waals surface area contributed by atoms with Crippen LogP contribution in [0.3, 0.4) is 0 Å². The van der Waals surface area contributed by atoms with Gasteiger partial charge in [-0.2, -0.15) is 0 Å². The maximum atomic E-state index is 3.70. The Morgan fingerprint density at radius 3 is 1.36 bits per heavy atom. The number of rotatable bonds is 6. The summed E-state index contributed by atoms with van der Waals surface area (Å²) in [5, 5.41) is 0. The third kappa shape index (κ3) is 8.19. The van der Waals surface area contributed by atoms with Crippen molar-refractivity contribution in [2.45, 2.75) is 19.0 Å². The summed E-state index contributed by atoms with van der Waals surface area (Å²) >= 11 is 0. The van der Waals surface area contributed by atoms with E-state index in [0.29, 0.717) is 6.71 Å². The summed E-state index contributed by atoms with van der Waals surface area (Å²) in [4.78, 5) is 0. The van der Waals surface area contributed by atoms with E-state index in [-0.39, 0.29) is 31.0 Å². The van der Waals surface area contributed by atoms with Gasteiger partial charge in [0.1, 0.15) is 0 Å². The van der Waals surface area contributed by atoms with Gasteiger partial charge in [0.15, 0.2) is 6.71 Å². The first-order valence-electron chi connectivity index (χ1n) is 3.67. The van der Waals surface area contributed by atoms with E-state index < -0.39 is 0 Å². The van der Waals surface area contributed by atoms with Crippen LogP contribution in [0.25, 0.3) is 0 Å². The van der Waals surface area contributed by atoms with E-state index in [0.717, 1.165) is 19.0 Å². The fraction of sp³-hybridized carbons (Fsp3) is 0.333. The van der Waals surface area contributed by atoms with Crippen molar-refractivity contribution in [1.29, 1.82) is 0 Å². The van der Waals surface area contributed by atoms with Crippen molar-refractivity contribution in [3.05, 3.63) is 38.0 Å². The van der Waals surface area contributed by atoms with Gasteiger partial charge in [-0.25, -0.2) is 0 Å². The predicted molar refractivity (Wildman–Crippen MR) is 51.9 cm³/mol. The molecule has 2 heteroatoms. The third-order valence-corrected chi connectivity index (χ3v) is 1.50. The summed E-state index contributed by atoms with van der Waals surface area (Å²) in [6.07, 6.45) is 9.07. The van der Waals surface area contributed by atoms with Crippen LogP contribution >= 0.6 is 0 Å². The summed E-state index contributed by atoms with van der Waals surface area (Å²) in [5.41, 5.74) is 0. The van der Waals surface area contributed by atoms with Crippen LogP contribution in [-0.4, -0.2) is 6.71 Å². The average molecular weight is 158 g/mol.